The molecule has 1 aromatic rings. The van der Waals surface area contributed by atoms with Crippen molar-refractivity contribution in [1.82, 2.24) is 4.90 Å². The first-order valence-electron chi connectivity index (χ1n) is 6.43. The topological polar surface area (TPSA) is 86.1 Å². The summed E-state index contributed by atoms with van der Waals surface area (Å²) in [6.07, 6.45) is 1.25. The molecule has 0 aliphatic carbocycles. The Balaban J connectivity index is 3.00. The van der Waals surface area contributed by atoms with Crippen LogP contribution in [0.1, 0.15) is 24.4 Å². The summed E-state index contributed by atoms with van der Waals surface area (Å²) in [4.78, 5) is 36.1. The van der Waals surface area contributed by atoms with E-state index in [2.05, 4.69) is 13.2 Å². The SMILES string of the molecule is C=CC(=O)OC(C)N(C(=O)c1ccco1)C(C)OC(=O)C=C. The lowest BCUT2D eigenvalue weighted by Gasteiger charge is -2.32. The van der Waals surface area contributed by atoms with Crippen LogP contribution in [0.5, 0.6) is 0 Å². The van der Waals surface area contributed by atoms with E-state index < -0.39 is 30.3 Å². The predicted molar refractivity (Wildman–Crippen MR) is 76.4 cm³/mol. The van der Waals surface area contributed by atoms with Crippen LogP contribution >= 0.6 is 0 Å². The van der Waals surface area contributed by atoms with Crippen LogP contribution in [-0.4, -0.2) is 35.2 Å². The van der Waals surface area contributed by atoms with E-state index in [1.165, 1.54) is 32.2 Å². The Hall–Kier alpha value is -2.83. The van der Waals surface area contributed by atoms with Crippen LogP contribution in [0.2, 0.25) is 0 Å². The molecular weight excluding hydrogens is 290 g/mol. The highest BCUT2D eigenvalue weighted by Crippen LogP contribution is 2.15. The molecule has 1 heterocycles. The van der Waals surface area contributed by atoms with Crippen molar-refractivity contribution in [1.29, 1.82) is 0 Å². The minimum Gasteiger partial charge on any atom is -0.459 e. The number of esters is 2. The van der Waals surface area contributed by atoms with Crippen molar-refractivity contribution < 1.29 is 28.3 Å². The molecule has 22 heavy (non-hydrogen) atoms. The first kappa shape index (κ1) is 17.2. The molecule has 0 saturated heterocycles. The van der Waals surface area contributed by atoms with Crippen LogP contribution in [0.4, 0.5) is 0 Å². The van der Waals surface area contributed by atoms with E-state index in [1.54, 1.807) is 0 Å². The molecule has 1 rings (SSSR count). The summed E-state index contributed by atoms with van der Waals surface area (Å²) >= 11 is 0. The molecule has 0 N–H and O–H groups in total. The monoisotopic (exact) mass is 307 g/mol. The van der Waals surface area contributed by atoms with Gasteiger partial charge in [0.15, 0.2) is 18.2 Å². The molecule has 0 aromatic carbocycles. The van der Waals surface area contributed by atoms with E-state index in [9.17, 15) is 14.4 Å². The maximum Gasteiger partial charge on any atom is 0.332 e. The second-order valence-electron chi connectivity index (χ2n) is 4.17. The van der Waals surface area contributed by atoms with E-state index in [-0.39, 0.29) is 5.76 Å². The van der Waals surface area contributed by atoms with Crippen molar-refractivity contribution in [3.05, 3.63) is 49.5 Å². The van der Waals surface area contributed by atoms with E-state index in [4.69, 9.17) is 13.9 Å². The summed E-state index contributed by atoms with van der Waals surface area (Å²) < 4.78 is 15.0. The second-order valence-corrected chi connectivity index (χ2v) is 4.17. The number of furan rings is 1. The minimum atomic E-state index is -1.00. The zero-order valence-corrected chi connectivity index (χ0v) is 12.4. The maximum atomic E-state index is 12.4. The molecule has 1 aromatic heterocycles. The molecule has 2 unspecified atom stereocenters. The Morgan fingerprint density at radius 1 is 1.14 bits per heavy atom. The van der Waals surface area contributed by atoms with Gasteiger partial charge in [-0.3, -0.25) is 9.69 Å². The highest BCUT2D eigenvalue weighted by atomic mass is 16.6. The summed E-state index contributed by atoms with van der Waals surface area (Å²) in [5, 5.41) is 0. The van der Waals surface area contributed by atoms with Gasteiger partial charge in [0, 0.05) is 12.2 Å². The van der Waals surface area contributed by atoms with Gasteiger partial charge in [-0.05, 0) is 26.0 Å². The summed E-state index contributed by atoms with van der Waals surface area (Å²) in [6, 6.07) is 2.98. The van der Waals surface area contributed by atoms with Crippen molar-refractivity contribution >= 4 is 17.8 Å². The first-order chi connectivity index (χ1) is 10.4. The lowest BCUT2D eigenvalue weighted by atomic mass is 10.3. The molecule has 0 bridgehead atoms. The van der Waals surface area contributed by atoms with E-state index in [0.717, 1.165) is 17.1 Å². The van der Waals surface area contributed by atoms with Crippen molar-refractivity contribution in [2.24, 2.45) is 0 Å². The standard InChI is InChI=1S/C15H17NO6/c1-5-13(17)21-10(3)16(11(4)22-14(18)6-2)15(19)12-8-7-9-20-12/h5-11H,1-2H2,3-4H3. The van der Waals surface area contributed by atoms with Gasteiger partial charge in [-0.25, -0.2) is 9.59 Å². The van der Waals surface area contributed by atoms with Gasteiger partial charge >= 0.3 is 11.9 Å². The fourth-order valence-corrected chi connectivity index (χ4v) is 1.70. The zero-order valence-electron chi connectivity index (χ0n) is 12.4. The summed E-state index contributed by atoms with van der Waals surface area (Å²) in [7, 11) is 0. The smallest absolute Gasteiger partial charge is 0.332 e. The van der Waals surface area contributed by atoms with Crippen LogP contribution < -0.4 is 0 Å². The van der Waals surface area contributed by atoms with Crippen LogP contribution in [0, 0.1) is 0 Å². The predicted octanol–water partition coefficient (Wildman–Crippen LogP) is 1.87. The van der Waals surface area contributed by atoms with Crippen LogP contribution in [-0.2, 0) is 19.1 Å². The largest absolute Gasteiger partial charge is 0.459 e. The Morgan fingerprint density at radius 3 is 2.00 bits per heavy atom. The fourth-order valence-electron chi connectivity index (χ4n) is 1.70. The number of nitrogens with zero attached hydrogens (tertiary/aromatic N) is 1. The first-order valence-corrected chi connectivity index (χ1v) is 6.43. The average molecular weight is 307 g/mol. The Morgan fingerprint density at radius 2 is 1.64 bits per heavy atom. The molecule has 7 nitrogen and oxygen atoms in total. The highest BCUT2D eigenvalue weighted by molar-refractivity contribution is 5.92. The molecule has 0 aliphatic heterocycles. The van der Waals surface area contributed by atoms with Gasteiger partial charge in [0.1, 0.15) is 0 Å². The lowest BCUT2D eigenvalue weighted by molar-refractivity contribution is -0.166. The molecule has 0 saturated carbocycles. The third-order valence-electron chi connectivity index (χ3n) is 2.66. The van der Waals surface area contributed by atoms with E-state index in [0.29, 0.717) is 0 Å². The molecule has 0 spiro atoms. The average Bonchev–Trinajstić information content (AvgIpc) is 3.01. The van der Waals surface area contributed by atoms with E-state index >= 15 is 0 Å². The van der Waals surface area contributed by atoms with Crippen LogP contribution in [0.15, 0.2) is 48.1 Å². The molecule has 2 atom stereocenters. The number of rotatable bonds is 7. The van der Waals surface area contributed by atoms with Gasteiger partial charge < -0.3 is 13.9 Å². The second kappa shape index (κ2) is 7.82. The Labute approximate surface area is 127 Å². The number of carbonyl (C=O) groups is 3. The van der Waals surface area contributed by atoms with Crippen molar-refractivity contribution in [3.63, 3.8) is 0 Å². The molecule has 0 radical (unpaired) electrons. The molecular formula is C15H17NO6. The number of amides is 1. The van der Waals surface area contributed by atoms with Gasteiger partial charge in [0.2, 0.25) is 0 Å². The molecule has 7 heteroatoms. The molecule has 118 valence electrons. The fraction of sp³-hybridized carbons (Fsp3) is 0.267. The minimum absolute atomic E-state index is 0.0167. The number of hydrogen-bond acceptors (Lipinski definition) is 6. The zero-order chi connectivity index (χ0) is 16.7. The van der Waals surface area contributed by atoms with Gasteiger partial charge in [-0.2, -0.15) is 0 Å². The third kappa shape index (κ3) is 4.34. The normalized spacial score (nSPS) is 12.6. The maximum absolute atomic E-state index is 12.4. The van der Waals surface area contributed by atoms with Gasteiger partial charge in [0.05, 0.1) is 6.26 Å². The Bertz CT molecular complexity index is 535. The van der Waals surface area contributed by atoms with Crippen molar-refractivity contribution in [2.75, 3.05) is 0 Å². The Kier molecular flexibility index (Phi) is 6.12. The van der Waals surface area contributed by atoms with E-state index in [1.807, 2.05) is 0 Å². The van der Waals surface area contributed by atoms with Crippen LogP contribution in [0.3, 0.4) is 0 Å². The highest BCUT2D eigenvalue weighted by Gasteiger charge is 2.31. The third-order valence-corrected chi connectivity index (χ3v) is 2.66. The van der Waals surface area contributed by atoms with Gasteiger partial charge in [-0.15, -0.1) is 0 Å². The summed E-state index contributed by atoms with van der Waals surface area (Å²) in [6.45, 7) is 9.48. The van der Waals surface area contributed by atoms with Crippen molar-refractivity contribution in [3.8, 4) is 0 Å². The number of ether oxygens (including phenoxy) is 2. The number of hydrogen-bond donors (Lipinski definition) is 0. The summed E-state index contributed by atoms with van der Waals surface area (Å²) in [5.74, 6) is -2.01. The van der Waals surface area contributed by atoms with Gasteiger partial charge in [-0.1, -0.05) is 13.2 Å². The van der Waals surface area contributed by atoms with Crippen LogP contribution in [0.25, 0.3) is 0 Å². The van der Waals surface area contributed by atoms with Crippen molar-refractivity contribution in [2.45, 2.75) is 26.3 Å². The molecule has 0 aliphatic rings. The van der Waals surface area contributed by atoms with Gasteiger partial charge in [0.25, 0.3) is 5.91 Å². The quantitative estimate of drug-likeness (QED) is 0.434. The molecule has 0 fully saturated rings. The number of carbonyl (C=O) groups excluding carboxylic acids is 3. The molecule has 1 amide bonds. The lowest BCUT2D eigenvalue weighted by Crippen LogP contribution is -2.48. The summed E-state index contributed by atoms with van der Waals surface area (Å²) in [5.41, 5.74) is 0.